The lowest BCUT2D eigenvalue weighted by Crippen LogP contribution is -2.30. The zero-order valence-corrected chi connectivity index (χ0v) is 16.2. The fourth-order valence-corrected chi connectivity index (χ4v) is 2.36. The maximum absolute atomic E-state index is 13.0. The summed E-state index contributed by atoms with van der Waals surface area (Å²) in [5, 5.41) is 2.16. The number of hydrogen-bond donors (Lipinski definition) is 1. The van der Waals surface area contributed by atoms with Crippen LogP contribution in [-0.4, -0.2) is 24.1 Å². The van der Waals surface area contributed by atoms with Crippen LogP contribution >= 0.6 is 0 Å². The summed E-state index contributed by atoms with van der Waals surface area (Å²) in [6, 6.07) is 11.0. The maximum Gasteiger partial charge on any atom is 0.418 e. The summed E-state index contributed by atoms with van der Waals surface area (Å²) < 4.78 is 49.6. The number of rotatable bonds is 7. The third-order valence-electron chi connectivity index (χ3n) is 3.92. The molecule has 2 aromatic carbocycles. The van der Waals surface area contributed by atoms with Gasteiger partial charge in [-0.15, -0.1) is 0 Å². The van der Waals surface area contributed by atoms with Crippen molar-refractivity contribution in [1.29, 1.82) is 0 Å². The first-order valence-corrected chi connectivity index (χ1v) is 8.96. The highest BCUT2D eigenvalue weighted by atomic mass is 19.4. The third-order valence-corrected chi connectivity index (χ3v) is 3.92. The lowest BCUT2D eigenvalue weighted by Gasteiger charge is -2.17. The Morgan fingerprint density at radius 2 is 1.62 bits per heavy atom. The molecule has 0 saturated carbocycles. The Morgan fingerprint density at radius 3 is 2.21 bits per heavy atom. The predicted octanol–water partition coefficient (Wildman–Crippen LogP) is 4.81. The van der Waals surface area contributed by atoms with Gasteiger partial charge in [0.2, 0.25) is 0 Å². The lowest BCUT2D eigenvalue weighted by molar-refractivity contribution is -0.137. The van der Waals surface area contributed by atoms with Gasteiger partial charge in [0.25, 0.3) is 5.91 Å². The number of alkyl halides is 3. The summed E-state index contributed by atoms with van der Waals surface area (Å²) in [6.45, 7) is 5.50. The largest absolute Gasteiger partial charge is 0.449 e. The van der Waals surface area contributed by atoms with Crippen molar-refractivity contribution in [2.45, 2.75) is 45.8 Å². The van der Waals surface area contributed by atoms with Crippen LogP contribution in [0, 0.1) is 0 Å². The molecule has 0 bridgehead atoms. The van der Waals surface area contributed by atoms with Crippen molar-refractivity contribution in [3.63, 3.8) is 0 Å². The molecule has 0 radical (unpaired) electrons. The smallest absolute Gasteiger partial charge is 0.418 e. The second-order valence-corrected chi connectivity index (χ2v) is 6.64. The molecule has 0 spiro atoms. The number of amides is 1. The summed E-state index contributed by atoms with van der Waals surface area (Å²) in [7, 11) is 0. The van der Waals surface area contributed by atoms with E-state index in [2.05, 4.69) is 5.32 Å². The van der Waals surface area contributed by atoms with Crippen LogP contribution < -0.4 is 5.32 Å². The third kappa shape index (κ3) is 6.60. The van der Waals surface area contributed by atoms with Crippen molar-refractivity contribution in [2.24, 2.45) is 0 Å². The monoisotopic (exact) mass is 409 g/mol. The molecule has 0 aliphatic rings. The number of carbonyl (C=O) groups is 2. The van der Waals surface area contributed by atoms with Gasteiger partial charge in [-0.3, -0.25) is 4.79 Å². The molecule has 0 aromatic heterocycles. The summed E-state index contributed by atoms with van der Waals surface area (Å²) in [5.41, 5.74) is -0.299. The van der Waals surface area contributed by atoms with E-state index in [-0.39, 0.29) is 11.7 Å². The predicted molar refractivity (Wildman–Crippen MR) is 101 cm³/mol. The maximum atomic E-state index is 13.0. The van der Waals surface area contributed by atoms with Crippen LogP contribution in [0.15, 0.2) is 48.5 Å². The van der Waals surface area contributed by atoms with E-state index in [9.17, 15) is 22.8 Å². The number of esters is 1. The van der Waals surface area contributed by atoms with Crippen LogP contribution in [0.1, 0.15) is 42.3 Å². The first-order chi connectivity index (χ1) is 13.6. The molecule has 1 N–H and O–H groups in total. The fourth-order valence-electron chi connectivity index (χ4n) is 2.36. The van der Waals surface area contributed by atoms with Gasteiger partial charge in [0.05, 0.1) is 29.5 Å². The molecule has 5 nitrogen and oxygen atoms in total. The van der Waals surface area contributed by atoms with Crippen molar-refractivity contribution in [3.05, 3.63) is 65.2 Å². The Kier molecular flexibility index (Phi) is 7.39. The molecule has 2 rings (SSSR count). The van der Waals surface area contributed by atoms with E-state index in [1.807, 2.05) is 13.8 Å². The van der Waals surface area contributed by atoms with Crippen LogP contribution in [-0.2, 0) is 27.1 Å². The Balaban J connectivity index is 1.98. The molecule has 29 heavy (non-hydrogen) atoms. The Bertz CT molecular complexity index is 848. The van der Waals surface area contributed by atoms with Crippen molar-refractivity contribution in [1.82, 2.24) is 0 Å². The standard InChI is InChI=1S/C21H22F3NO4/c1-13(2)28-12-15-8-10-16(11-9-15)20(27)29-14(3)19(26)25-18-7-5-4-6-17(18)21(22,23)24/h4-11,13-14H,12H2,1-3H3,(H,25,26)/t14-/m1/s1. The van der Waals surface area contributed by atoms with Gasteiger partial charge in [-0.1, -0.05) is 24.3 Å². The Morgan fingerprint density at radius 1 is 1.00 bits per heavy atom. The number of ether oxygens (including phenoxy) is 2. The van der Waals surface area contributed by atoms with Gasteiger partial charge in [0.15, 0.2) is 6.10 Å². The molecule has 0 aliphatic heterocycles. The van der Waals surface area contributed by atoms with Crippen molar-refractivity contribution in [3.8, 4) is 0 Å². The van der Waals surface area contributed by atoms with E-state index in [1.165, 1.54) is 31.2 Å². The highest BCUT2D eigenvalue weighted by Gasteiger charge is 2.34. The Labute approximate surface area is 166 Å². The fraction of sp³-hybridized carbons (Fsp3) is 0.333. The summed E-state index contributed by atoms with van der Waals surface area (Å²) in [5.74, 6) is -1.62. The number of halogens is 3. The number of anilines is 1. The minimum atomic E-state index is -4.62. The van der Waals surface area contributed by atoms with Gasteiger partial charge in [0, 0.05) is 0 Å². The van der Waals surface area contributed by atoms with Crippen LogP contribution in [0.4, 0.5) is 18.9 Å². The van der Waals surface area contributed by atoms with Crippen molar-refractivity contribution >= 4 is 17.6 Å². The number of para-hydroxylation sites is 1. The lowest BCUT2D eigenvalue weighted by atomic mass is 10.1. The molecule has 1 amide bonds. The van der Waals surface area contributed by atoms with Gasteiger partial charge in [-0.2, -0.15) is 13.2 Å². The molecule has 0 saturated heterocycles. The number of carbonyl (C=O) groups excluding carboxylic acids is 2. The zero-order valence-electron chi connectivity index (χ0n) is 16.2. The molecule has 156 valence electrons. The normalized spacial score (nSPS) is 12.5. The van der Waals surface area contributed by atoms with Crippen LogP contribution in [0.3, 0.4) is 0 Å². The number of nitrogens with one attached hydrogen (secondary N) is 1. The van der Waals surface area contributed by atoms with Crippen LogP contribution in [0.25, 0.3) is 0 Å². The second kappa shape index (κ2) is 9.56. The van der Waals surface area contributed by atoms with E-state index in [0.29, 0.717) is 6.61 Å². The highest BCUT2D eigenvalue weighted by Crippen LogP contribution is 2.34. The van der Waals surface area contributed by atoms with Crippen molar-refractivity contribution in [2.75, 3.05) is 5.32 Å². The van der Waals surface area contributed by atoms with Gasteiger partial charge in [-0.05, 0) is 50.6 Å². The molecule has 2 aromatic rings. The topological polar surface area (TPSA) is 64.6 Å². The molecular weight excluding hydrogens is 387 g/mol. The summed E-state index contributed by atoms with van der Waals surface area (Å²) in [4.78, 5) is 24.4. The van der Waals surface area contributed by atoms with E-state index in [4.69, 9.17) is 9.47 Å². The second-order valence-electron chi connectivity index (χ2n) is 6.64. The molecular formula is C21H22F3NO4. The Hall–Kier alpha value is -2.87. The molecule has 0 heterocycles. The van der Waals surface area contributed by atoms with E-state index in [0.717, 1.165) is 17.7 Å². The first-order valence-electron chi connectivity index (χ1n) is 8.96. The minimum absolute atomic E-state index is 0.0708. The van der Waals surface area contributed by atoms with Gasteiger partial charge in [0.1, 0.15) is 0 Å². The number of hydrogen-bond acceptors (Lipinski definition) is 4. The molecule has 0 fully saturated rings. The molecule has 8 heteroatoms. The van der Waals surface area contributed by atoms with Gasteiger partial charge < -0.3 is 14.8 Å². The summed E-state index contributed by atoms with van der Waals surface area (Å²) in [6.07, 6.45) is -5.83. The van der Waals surface area contributed by atoms with E-state index < -0.39 is 35.4 Å². The average Bonchev–Trinajstić information content (AvgIpc) is 2.66. The minimum Gasteiger partial charge on any atom is -0.449 e. The molecule has 0 unspecified atom stereocenters. The van der Waals surface area contributed by atoms with E-state index in [1.54, 1.807) is 12.1 Å². The van der Waals surface area contributed by atoms with E-state index >= 15 is 0 Å². The quantitative estimate of drug-likeness (QED) is 0.667. The van der Waals surface area contributed by atoms with Crippen molar-refractivity contribution < 1.29 is 32.2 Å². The van der Waals surface area contributed by atoms with Crippen LogP contribution in [0.5, 0.6) is 0 Å². The molecule has 1 atom stereocenters. The average molecular weight is 409 g/mol. The van der Waals surface area contributed by atoms with Crippen LogP contribution in [0.2, 0.25) is 0 Å². The highest BCUT2D eigenvalue weighted by molar-refractivity contribution is 5.97. The zero-order chi connectivity index (χ0) is 21.6. The molecule has 0 aliphatic carbocycles. The first kappa shape index (κ1) is 22.4. The SMILES string of the molecule is CC(C)OCc1ccc(C(=O)O[C@H](C)C(=O)Nc2ccccc2C(F)(F)F)cc1. The number of benzene rings is 2. The summed E-state index contributed by atoms with van der Waals surface area (Å²) >= 11 is 0. The van der Waals surface area contributed by atoms with Gasteiger partial charge in [-0.25, -0.2) is 4.79 Å². The van der Waals surface area contributed by atoms with Gasteiger partial charge >= 0.3 is 12.1 Å².